The summed E-state index contributed by atoms with van der Waals surface area (Å²) in [5, 5.41) is 11.2. The van der Waals surface area contributed by atoms with Gasteiger partial charge in [0.15, 0.2) is 0 Å². The average molecular weight is 310 g/mol. The van der Waals surface area contributed by atoms with E-state index in [0.717, 1.165) is 21.1 Å². The van der Waals surface area contributed by atoms with E-state index in [1.807, 2.05) is 29.6 Å². The van der Waals surface area contributed by atoms with Crippen LogP contribution in [0.5, 0.6) is 0 Å². The Morgan fingerprint density at radius 1 is 1.47 bits per heavy atom. The van der Waals surface area contributed by atoms with Gasteiger partial charge in [-0.3, -0.25) is 0 Å². The number of carboxylic acids is 1. The van der Waals surface area contributed by atoms with Gasteiger partial charge in [0.25, 0.3) is 0 Å². The molecular weight excluding hydrogens is 302 g/mol. The number of aliphatic carboxylic acids is 1. The van der Waals surface area contributed by atoms with Crippen LogP contribution in [0.3, 0.4) is 0 Å². The summed E-state index contributed by atoms with van der Waals surface area (Å²) in [6.45, 7) is 0. The molecule has 0 aliphatic heterocycles. The quantitative estimate of drug-likeness (QED) is 0.880. The van der Waals surface area contributed by atoms with Crippen molar-refractivity contribution in [3.63, 3.8) is 0 Å². The molecule has 0 unspecified atom stereocenters. The molecule has 5 heteroatoms. The minimum absolute atomic E-state index is 0.660. The third-order valence-corrected chi connectivity index (χ3v) is 3.39. The summed E-state index contributed by atoms with van der Waals surface area (Å²) in [6.07, 6.45) is 2.57. The van der Waals surface area contributed by atoms with Crippen molar-refractivity contribution < 1.29 is 9.90 Å². The molecule has 1 aromatic carbocycles. The predicted molar refractivity (Wildman–Crippen MR) is 71.9 cm³/mol. The lowest BCUT2D eigenvalue weighted by molar-refractivity contribution is -0.131. The van der Waals surface area contributed by atoms with Gasteiger partial charge in [0.1, 0.15) is 5.01 Å². The van der Waals surface area contributed by atoms with Crippen molar-refractivity contribution in [1.29, 1.82) is 0 Å². The van der Waals surface area contributed by atoms with Crippen molar-refractivity contribution in [3.05, 3.63) is 45.9 Å². The monoisotopic (exact) mass is 309 g/mol. The van der Waals surface area contributed by atoms with Gasteiger partial charge in [-0.2, -0.15) is 0 Å². The van der Waals surface area contributed by atoms with Crippen LogP contribution in [-0.2, 0) is 4.79 Å². The molecule has 3 nitrogen and oxygen atoms in total. The van der Waals surface area contributed by atoms with E-state index >= 15 is 0 Å². The second kappa shape index (κ2) is 5.25. The van der Waals surface area contributed by atoms with Gasteiger partial charge in [-0.15, -0.1) is 11.3 Å². The van der Waals surface area contributed by atoms with E-state index in [9.17, 15) is 4.79 Å². The maximum absolute atomic E-state index is 10.4. The lowest BCUT2D eigenvalue weighted by Gasteiger charge is -1.95. The summed E-state index contributed by atoms with van der Waals surface area (Å²) in [7, 11) is 0. The minimum Gasteiger partial charge on any atom is -0.478 e. The van der Waals surface area contributed by atoms with Crippen LogP contribution in [0.15, 0.2) is 40.2 Å². The van der Waals surface area contributed by atoms with E-state index in [4.69, 9.17) is 5.11 Å². The summed E-state index contributed by atoms with van der Waals surface area (Å²) in [5.41, 5.74) is 1.67. The molecule has 0 aliphatic carbocycles. The van der Waals surface area contributed by atoms with Gasteiger partial charge in [-0.1, -0.05) is 28.1 Å². The smallest absolute Gasteiger partial charge is 0.328 e. The van der Waals surface area contributed by atoms with E-state index in [0.29, 0.717) is 5.69 Å². The highest BCUT2D eigenvalue weighted by atomic mass is 79.9. The summed E-state index contributed by atoms with van der Waals surface area (Å²) in [6, 6.07) is 7.83. The molecular formula is C12H8BrNO2S. The molecule has 1 N–H and O–H groups in total. The summed E-state index contributed by atoms with van der Waals surface area (Å²) in [4.78, 5) is 14.7. The molecule has 0 spiro atoms. The maximum atomic E-state index is 10.4. The molecule has 0 amide bonds. The van der Waals surface area contributed by atoms with Gasteiger partial charge < -0.3 is 5.11 Å². The van der Waals surface area contributed by atoms with Crippen LogP contribution >= 0.6 is 27.3 Å². The van der Waals surface area contributed by atoms with Gasteiger partial charge in [0.05, 0.1) is 5.69 Å². The van der Waals surface area contributed by atoms with Gasteiger partial charge in [-0.25, -0.2) is 9.78 Å². The zero-order valence-corrected chi connectivity index (χ0v) is 11.0. The standard InChI is InChI=1S/C12H8BrNO2S/c13-9-3-1-2-8(6-9)12-14-10(7-17-12)4-5-11(15)16/h1-7H,(H,15,16)/b5-4+. The minimum atomic E-state index is -0.970. The summed E-state index contributed by atoms with van der Waals surface area (Å²) in [5.74, 6) is -0.970. The summed E-state index contributed by atoms with van der Waals surface area (Å²) >= 11 is 4.89. The van der Waals surface area contributed by atoms with Gasteiger partial charge >= 0.3 is 5.97 Å². The Kier molecular flexibility index (Phi) is 3.71. The van der Waals surface area contributed by atoms with Crippen molar-refractivity contribution in [1.82, 2.24) is 4.98 Å². The first kappa shape index (κ1) is 12.0. The third kappa shape index (κ3) is 3.25. The second-order valence-electron chi connectivity index (χ2n) is 3.26. The Labute approximate surface area is 111 Å². The molecule has 0 atom stereocenters. The van der Waals surface area contributed by atoms with Crippen LogP contribution in [0.4, 0.5) is 0 Å². The number of carbonyl (C=O) groups is 1. The van der Waals surface area contributed by atoms with Crippen LogP contribution in [0.1, 0.15) is 5.69 Å². The lowest BCUT2D eigenvalue weighted by atomic mass is 10.2. The van der Waals surface area contributed by atoms with Crippen molar-refractivity contribution in [3.8, 4) is 10.6 Å². The average Bonchev–Trinajstić information content (AvgIpc) is 2.75. The zero-order chi connectivity index (χ0) is 12.3. The third-order valence-electron chi connectivity index (χ3n) is 1.99. The Morgan fingerprint density at radius 2 is 2.29 bits per heavy atom. The number of halogens is 1. The van der Waals surface area contributed by atoms with Crippen molar-refractivity contribution in [2.24, 2.45) is 0 Å². The highest BCUT2D eigenvalue weighted by Crippen LogP contribution is 2.26. The van der Waals surface area contributed by atoms with Crippen LogP contribution in [-0.4, -0.2) is 16.1 Å². The van der Waals surface area contributed by atoms with E-state index in [1.165, 1.54) is 17.4 Å². The van der Waals surface area contributed by atoms with Gasteiger partial charge in [0, 0.05) is 21.5 Å². The molecule has 17 heavy (non-hydrogen) atoms. The fraction of sp³-hybridized carbons (Fsp3) is 0. The Balaban J connectivity index is 2.27. The number of aromatic nitrogens is 1. The number of hydrogen-bond acceptors (Lipinski definition) is 3. The van der Waals surface area contributed by atoms with E-state index in [-0.39, 0.29) is 0 Å². The molecule has 2 aromatic rings. The maximum Gasteiger partial charge on any atom is 0.328 e. The lowest BCUT2D eigenvalue weighted by Crippen LogP contribution is -1.85. The van der Waals surface area contributed by atoms with Crippen LogP contribution in [0, 0.1) is 0 Å². The fourth-order valence-corrected chi connectivity index (χ4v) is 2.46. The van der Waals surface area contributed by atoms with Crippen LogP contribution in [0.2, 0.25) is 0 Å². The number of carboxylic acid groups (broad SMARTS) is 1. The first-order valence-corrected chi connectivity index (χ1v) is 6.45. The molecule has 2 rings (SSSR count). The number of rotatable bonds is 3. The molecule has 0 aliphatic rings. The molecule has 0 saturated carbocycles. The zero-order valence-electron chi connectivity index (χ0n) is 8.63. The molecule has 1 heterocycles. The Hall–Kier alpha value is -1.46. The molecule has 86 valence electrons. The van der Waals surface area contributed by atoms with E-state index in [2.05, 4.69) is 20.9 Å². The fourth-order valence-electron chi connectivity index (χ4n) is 1.27. The molecule has 0 saturated heterocycles. The highest BCUT2D eigenvalue weighted by Gasteiger charge is 2.03. The van der Waals surface area contributed by atoms with Crippen molar-refractivity contribution in [2.45, 2.75) is 0 Å². The van der Waals surface area contributed by atoms with E-state index < -0.39 is 5.97 Å². The second-order valence-corrected chi connectivity index (χ2v) is 5.03. The van der Waals surface area contributed by atoms with Gasteiger partial charge in [-0.05, 0) is 18.2 Å². The number of nitrogens with zero attached hydrogens (tertiary/aromatic N) is 1. The largest absolute Gasteiger partial charge is 0.478 e. The first-order valence-electron chi connectivity index (χ1n) is 4.77. The topological polar surface area (TPSA) is 50.2 Å². The van der Waals surface area contributed by atoms with Crippen molar-refractivity contribution in [2.75, 3.05) is 0 Å². The number of thiazole rings is 1. The SMILES string of the molecule is O=C(O)/C=C/c1csc(-c2cccc(Br)c2)n1. The van der Waals surface area contributed by atoms with Gasteiger partial charge in [0.2, 0.25) is 0 Å². The van der Waals surface area contributed by atoms with Crippen molar-refractivity contribution >= 4 is 39.3 Å². The first-order chi connectivity index (χ1) is 8.15. The number of hydrogen-bond donors (Lipinski definition) is 1. The summed E-state index contributed by atoms with van der Waals surface area (Å²) < 4.78 is 0.993. The van der Waals surface area contributed by atoms with E-state index in [1.54, 1.807) is 0 Å². The van der Waals surface area contributed by atoms with Crippen LogP contribution < -0.4 is 0 Å². The Bertz CT molecular complexity index is 577. The Morgan fingerprint density at radius 3 is 3.00 bits per heavy atom. The number of benzene rings is 1. The predicted octanol–water partition coefficient (Wildman–Crippen LogP) is 3.67. The normalized spacial score (nSPS) is 10.9. The molecule has 0 fully saturated rings. The van der Waals surface area contributed by atoms with Crippen LogP contribution in [0.25, 0.3) is 16.6 Å². The molecule has 0 bridgehead atoms. The molecule has 0 radical (unpaired) electrons. The highest BCUT2D eigenvalue weighted by molar-refractivity contribution is 9.10. The molecule has 1 aromatic heterocycles.